The molecule has 4 rings (SSSR count). The standard InChI is InChI=1S/C20H21N5O3/c1-27-17-14-25(15-5-3-2-4-6-15)23-19(17)20(26)22-18-8-7-16(13-21-18)24-9-11-28-12-10-24/h2-8,13-14H,9-12H2,1H3,(H,21,22,26). The molecule has 3 aromatic rings. The molecule has 1 amide bonds. The SMILES string of the molecule is COc1cn(-c2ccccc2)nc1C(=O)Nc1ccc(N2CCOCC2)cn1. The van der Waals surface area contributed by atoms with Crippen LogP contribution in [0.15, 0.2) is 54.9 Å². The molecular weight excluding hydrogens is 358 g/mol. The van der Waals surface area contributed by atoms with Crippen LogP contribution in [0, 0.1) is 0 Å². The van der Waals surface area contributed by atoms with Gasteiger partial charge in [-0.3, -0.25) is 4.79 Å². The summed E-state index contributed by atoms with van der Waals surface area (Å²) in [4.78, 5) is 19.2. The van der Waals surface area contributed by atoms with Gasteiger partial charge in [0.2, 0.25) is 0 Å². The zero-order valence-electron chi connectivity index (χ0n) is 15.5. The van der Waals surface area contributed by atoms with Crippen molar-refractivity contribution in [2.24, 2.45) is 0 Å². The van der Waals surface area contributed by atoms with E-state index in [2.05, 4.69) is 20.3 Å². The first kappa shape index (κ1) is 18.0. The average Bonchev–Trinajstić information content (AvgIpc) is 3.20. The number of hydrogen-bond donors (Lipinski definition) is 1. The van der Waals surface area contributed by atoms with E-state index in [-0.39, 0.29) is 11.6 Å². The van der Waals surface area contributed by atoms with E-state index in [9.17, 15) is 4.79 Å². The molecule has 3 heterocycles. The molecule has 0 saturated carbocycles. The van der Waals surface area contributed by atoms with Crippen LogP contribution in [0.1, 0.15) is 10.5 Å². The number of methoxy groups -OCH3 is 1. The van der Waals surface area contributed by atoms with Crippen molar-refractivity contribution in [1.82, 2.24) is 14.8 Å². The summed E-state index contributed by atoms with van der Waals surface area (Å²) in [5.41, 5.74) is 2.05. The predicted molar refractivity (Wildman–Crippen MR) is 105 cm³/mol. The predicted octanol–water partition coefficient (Wildman–Crippen LogP) is 2.36. The Bertz CT molecular complexity index is 934. The van der Waals surface area contributed by atoms with Gasteiger partial charge in [-0.25, -0.2) is 9.67 Å². The highest BCUT2D eigenvalue weighted by Gasteiger charge is 2.19. The maximum absolute atomic E-state index is 12.7. The van der Waals surface area contributed by atoms with Crippen LogP contribution in [0.3, 0.4) is 0 Å². The molecule has 0 bridgehead atoms. The average molecular weight is 379 g/mol. The molecule has 8 heteroatoms. The van der Waals surface area contributed by atoms with Gasteiger partial charge < -0.3 is 19.7 Å². The van der Waals surface area contributed by atoms with Gasteiger partial charge in [0.25, 0.3) is 5.91 Å². The largest absolute Gasteiger partial charge is 0.493 e. The Hall–Kier alpha value is -3.39. The van der Waals surface area contributed by atoms with Crippen LogP contribution in [0.25, 0.3) is 5.69 Å². The summed E-state index contributed by atoms with van der Waals surface area (Å²) >= 11 is 0. The number of rotatable bonds is 5. The molecule has 1 saturated heterocycles. The Morgan fingerprint density at radius 3 is 2.57 bits per heavy atom. The second kappa shape index (κ2) is 8.10. The first-order chi connectivity index (χ1) is 13.7. The Morgan fingerprint density at radius 2 is 1.89 bits per heavy atom. The van der Waals surface area contributed by atoms with E-state index in [1.807, 2.05) is 36.4 Å². The van der Waals surface area contributed by atoms with Gasteiger partial charge in [0, 0.05) is 13.1 Å². The van der Waals surface area contributed by atoms with Crippen LogP contribution in [0.5, 0.6) is 5.75 Å². The van der Waals surface area contributed by atoms with E-state index in [0.717, 1.165) is 24.5 Å². The summed E-state index contributed by atoms with van der Waals surface area (Å²) in [6.45, 7) is 3.09. The molecular formula is C20H21N5O3. The van der Waals surface area contributed by atoms with E-state index in [1.54, 1.807) is 23.1 Å². The molecule has 1 fully saturated rings. The highest BCUT2D eigenvalue weighted by molar-refractivity contribution is 6.04. The minimum atomic E-state index is -0.377. The minimum absolute atomic E-state index is 0.199. The van der Waals surface area contributed by atoms with Gasteiger partial charge in [-0.1, -0.05) is 18.2 Å². The highest BCUT2D eigenvalue weighted by atomic mass is 16.5. The molecule has 8 nitrogen and oxygen atoms in total. The number of ether oxygens (including phenoxy) is 2. The monoisotopic (exact) mass is 379 g/mol. The molecule has 0 aliphatic carbocycles. The molecule has 0 spiro atoms. The summed E-state index contributed by atoms with van der Waals surface area (Å²) in [6.07, 6.45) is 3.43. The van der Waals surface area contributed by atoms with Crippen molar-refractivity contribution in [3.05, 3.63) is 60.6 Å². The number of carbonyl (C=O) groups excluding carboxylic acids is 1. The summed E-state index contributed by atoms with van der Waals surface area (Å²) < 4.78 is 12.3. The minimum Gasteiger partial charge on any atom is -0.493 e. The number of carbonyl (C=O) groups is 1. The summed E-state index contributed by atoms with van der Waals surface area (Å²) in [5.74, 6) is 0.475. The van der Waals surface area contributed by atoms with Gasteiger partial charge >= 0.3 is 0 Å². The highest BCUT2D eigenvalue weighted by Crippen LogP contribution is 2.21. The third-order valence-corrected chi connectivity index (χ3v) is 4.50. The zero-order valence-corrected chi connectivity index (χ0v) is 15.5. The third kappa shape index (κ3) is 3.81. The molecule has 0 radical (unpaired) electrons. The topological polar surface area (TPSA) is 81.5 Å². The van der Waals surface area contributed by atoms with Crippen molar-refractivity contribution in [1.29, 1.82) is 0 Å². The van der Waals surface area contributed by atoms with Gasteiger partial charge in [0.1, 0.15) is 5.82 Å². The lowest BCUT2D eigenvalue weighted by Crippen LogP contribution is -2.36. The fraction of sp³-hybridized carbons (Fsp3) is 0.250. The number of para-hydroxylation sites is 1. The zero-order chi connectivity index (χ0) is 19.3. The van der Waals surface area contributed by atoms with Crippen molar-refractivity contribution < 1.29 is 14.3 Å². The van der Waals surface area contributed by atoms with E-state index in [4.69, 9.17) is 9.47 Å². The van der Waals surface area contributed by atoms with Crippen LogP contribution in [0.4, 0.5) is 11.5 Å². The molecule has 2 aromatic heterocycles. The molecule has 1 aliphatic heterocycles. The van der Waals surface area contributed by atoms with Crippen LogP contribution in [-0.2, 0) is 4.74 Å². The van der Waals surface area contributed by atoms with E-state index < -0.39 is 0 Å². The summed E-state index contributed by atoms with van der Waals surface area (Å²) in [5, 5.41) is 7.15. The molecule has 144 valence electrons. The number of anilines is 2. The molecule has 0 unspecified atom stereocenters. The number of aromatic nitrogens is 3. The fourth-order valence-corrected chi connectivity index (χ4v) is 3.02. The first-order valence-electron chi connectivity index (χ1n) is 9.04. The Balaban J connectivity index is 1.49. The van der Waals surface area contributed by atoms with Crippen molar-refractivity contribution in [3.8, 4) is 11.4 Å². The maximum atomic E-state index is 12.7. The van der Waals surface area contributed by atoms with Crippen molar-refractivity contribution in [3.63, 3.8) is 0 Å². The molecule has 1 aromatic carbocycles. The smallest absolute Gasteiger partial charge is 0.281 e. The molecule has 28 heavy (non-hydrogen) atoms. The van der Waals surface area contributed by atoms with Gasteiger partial charge in [-0.15, -0.1) is 0 Å². The van der Waals surface area contributed by atoms with Crippen LogP contribution >= 0.6 is 0 Å². The quantitative estimate of drug-likeness (QED) is 0.733. The van der Waals surface area contributed by atoms with Crippen molar-refractivity contribution in [2.45, 2.75) is 0 Å². The third-order valence-electron chi connectivity index (χ3n) is 4.50. The molecule has 1 N–H and O–H groups in total. The number of nitrogens with one attached hydrogen (secondary N) is 1. The molecule has 1 aliphatic rings. The summed E-state index contributed by atoms with van der Waals surface area (Å²) in [7, 11) is 1.51. The number of morpholine rings is 1. The van der Waals surface area contributed by atoms with Gasteiger partial charge in [-0.05, 0) is 24.3 Å². The number of benzene rings is 1. The number of pyridine rings is 1. The fourth-order valence-electron chi connectivity index (χ4n) is 3.02. The van der Waals surface area contributed by atoms with Gasteiger partial charge in [0.15, 0.2) is 11.4 Å². The number of nitrogens with zero attached hydrogens (tertiary/aromatic N) is 4. The van der Waals surface area contributed by atoms with Crippen LogP contribution < -0.4 is 15.0 Å². The van der Waals surface area contributed by atoms with Crippen molar-refractivity contribution >= 4 is 17.4 Å². The second-order valence-electron chi connectivity index (χ2n) is 6.28. The van der Waals surface area contributed by atoms with Crippen molar-refractivity contribution in [2.75, 3.05) is 43.6 Å². The van der Waals surface area contributed by atoms with Gasteiger partial charge in [-0.2, -0.15) is 5.10 Å². The summed E-state index contributed by atoms with van der Waals surface area (Å²) in [6, 6.07) is 13.3. The number of amides is 1. The Morgan fingerprint density at radius 1 is 1.11 bits per heavy atom. The van der Waals surface area contributed by atoms with E-state index in [1.165, 1.54) is 7.11 Å². The molecule has 0 atom stereocenters. The van der Waals surface area contributed by atoms with Crippen LogP contribution in [-0.4, -0.2) is 54.1 Å². The maximum Gasteiger partial charge on any atom is 0.281 e. The van der Waals surface area contributed by atoms with Crippen LogP contribution in [0.2, 0.25) is 0 Å². The van der Waals surface area contributed by atoms with Gasteiger partial charge in [0.05, 0.1) is 44.1 Å². The number of hydrogen-bond acceptors (Lipinski definition) is 6. The van der Waals surface area contributed by atoms with E-state index in [0.29, 0.717) is 24.8 Å². The Kier molecular flexibility index (Phi) is 5.20. The first-order valence-corrected chi connectivity index (χ1v) is 9.04. The second-order valence-corrected chi connectivity index (χ2v) is 6.28. The lowest BCUT2D eigenvalue weighted by atomic mass is 10.3. The normalized spacial score (nSPS) is 14.0. The lowest BCUT2D eigenvalue weighted by Gasteiger charge is -2.28. The lowest BCUT2D eigenvalue weighted by molar-refractivity contribution is 0.101. The van der Waals surface area contributed by atoms with E-state index >= 15 is 0 Å². The Labute approximate surface area is 162 Å².